The first-order valence-electron chi connectivity index (χ1n) is 10.1. The van der Waals surface area contributed by atoms with E-state index in [-0.39, 0.29) is 18.2 Å². The van der Waals surface area contributed by atoms with Crippen LogP contribution in [-0.2, 0) is 9.59 Å². The van der Waals surface area contributed by atoms with Gasteiger partial charge in [-0.05, 0) is 60.9 Å². The van der Waals surface area contributed by atoms with Crippen LogP contribution >= 0.6 is 15.9 Å². The van der Waals surface area contributed by atoms with E-state index in [2.05, 4.69) is 21.2 Å². The first-order valence-corrected chi connectivity index (χ1v) is 10.9. The summed E-state index contributed by atoms with van der Waals surface area (Å²) in [6, 6.07) is 24.9. The lowest BCUT2D eigenvalue weighted by atomic mass is 9.75. The van der Waals surface area contributed by atoms with Crippen LogP contribution in [0.5, 0.6) is 0 Å². The number of hydrogen-bond donors (Lipinski definition) is 1. The molecule has 4 rings (SSSR count). The molecule has 1 aliphatic heterocycles. The van der Waals surface area contributed by atoms with Gasteiger partial charge in [0.15, 0.2) is 5.54 Å². The van der Waals surface area contributed by atoms with Gasteiger partial charge in [-0.15, -0.1) is 0 Å². The van der Waals surface area contributed by atoms with Crippen LogP contribution in [0.25, 0.3) is 6.08 Å². The summed E-state index contributed by atoms with van der Waals surface area (Å²) in [5.41, 5.74) is 3.11. The molecule has 4 nitrogen and oxygen atoms in total. The molecule has 1 N–H and O–H groups in total. The van der Waals surface area contributed by atoms with Gasteiger partial charge in [-0.2, -0.15) is 0 Å². The van der Waals surface area contributed by atoms with Gasteiger partial charge in [0.2, 0.25) is 5.91 Å². The average Bonchev–Trinajstić information content (AvgIpc) is 2.75. The number of aryl methyl sites for hydroxylation is 1. The van der Waals surface area contributed by atoms with Crippen molar-refractivity contribution in [2.75, 3.05) is 10.2 Å². The Hall–Kier alpha value is -3.18. The highest BCUT2D eigenvalue weighted by Crippen LogP contribution is 2.44. The van der Waals surface area contributed by atoms with E-state index in [1.807, 2.05) is 98.8 Å². The minimum atomic E-state index is -1.09. The summed E-state index contributed by atoms with van der Waals surface area (Å²) < 4.78 is 0.913. The third kappa shape index (κ3) is 3.93. The molecule has 1 atom stereocenters. The average molecular weight is 475 g/mol. The topological polar surface area (TPSA) is 49.4 Å². The number of anilines is 2. The molecule has 1 fully saturated rings. The first-order chi connectivity index (χ1) is 14.9. The number of hydrogen-bond acceptors (Lipinski definition) is 2. The van der Waals surface area contributed by atoms with Crippen molar-refractivity contribution in [3.63, 3.8) is 0 Å². The molecule has 1 aliphatic rings. The minimum absolute atomic E-state index is 0.0805. The van der Waals surface area contributed by atoms with Crippen molar-refractivity contribution in [3.8, 4) is 0 Å². The third-order valence-electron chi connectivity index (χ3n) is 5.73. The van der Waals surface area contributed by atoms with E-state index in [1.165, 1.54) is 0 Å². The Morgan fingerprint density at radius 1 is 1.00 bits per heavy atom. The van der Waals surface area contributed by atoms with Gasteiger partial charge < -0.3 is 5.32 Å². The maximum Gasteiger partial charge on any atom is 0.255 e. The predicted molar refractivity (Wildman–Crippen MR) is 129 cm³/mol. The highest BCUT2D eigenvalue weighted by atomic mass is 79.9. The molecule has 1 heterocycles. The molecule has 156 valence electrons. The molecular formula is C26H23BrN2O2. The summed E-state index contributed by atoms with van der Waals surface area (Å²) in [5.74, 6) is -0.294. The molecule has 0 aromatic heterocycles. The zero-order chi connectivity index (χ0) is 22.0. The Morgan fingerprint density at radius 3 is 2.29 bits per heavy atom. The Labute approximate surface area is 190 Å². The van der Waals surface area contributed by atoms with Crippen LogP contribution < -0.4 is 10.2 Å². The fourth-order valence-electron chi connectivity index (χ4n) is 3.99. The first kappa shape index (κ1) is 21.1. The number of carbonyl (C=O) groups excluding carboxylic acids is 2. The maximum absolute atomic E-state index is 13.7. The molecule has 0 radical (unpaired) electrons. The number of β-lactam (4-membered cyclic amide) rings is 1. The highest BCUT2D eigenvalue weighted by molar-refractivity contribution is 9.10. The van der Waals surface area contributed by atoms with Crippen LogP contribution in [0.15, 0.2) is 88.9 Å². The number of nitrogens with one attached hydrogen (secondary N) is 1. The minimum Gasteiger partial charge on any atom is -0.323 e. The molecular weight excluding hydrogens is 452 g/mol. The van der Waals surface area contributed by atoms with Gasteiger partial charge in [-0.1, -0.05) is 70.5 Å². The van der Waals surface area contributed by atoms with Gasteiger partial charge in [-0.25, -0.2) is 0 Å². The summed E-state index contributed by atoms with van der Waals surface area (Å²) in [4.78, 5) is 28.2. The van der Waals surface area contributed by atoms with Crippen molar-refractivity contribution in [1.82, 2.24) is 0 Å². The lowest BCUT2D eigenvalue weighted by Gasteiger charge is -2.51. The Morgan fingerprint density at radius 2 is 1.65 bits per heavy atom. The van der Waals surface area contributed by atoms with E-state index >= 15 is 0 Å². The summed E-state index contributed by atoms with van der Waals surface area (Å²) in [7, 11) is 0. The van der Waals surface area contributed by atoms with Crippen LogP contribution in [-0.4, -0.2) is 17.4 Å². The molecule has 1 saturated heterocycles. The second-order valence-electron chi connectivity index (χ2n) is 7.75. The van der Waals surface area contributed by atoms with Crippen LogP contribution in [0.2, 0.25) is 0 Å². The molecule has 5 heteroatoms. The monoisotopic (exact) mass is 474 g/mol. The number of amides is 2. The zero-order valence-electron chi connectivity index (χ0n) is 17.4. The van der Waals surface area contributed by atoms with E-state index in [1.54, 1.807) is 4.90 Å². The largest absolute Gasteiger partial charge is 0.323 e. The third-order valence-corrected chi connectivity index (χ3v) is 6.26. The van der Waals surface area contributed by atoms with Crippen molar-refractivity contribution in [1.29, 1.82) is 0 Å². The van der Waals surface area contributed by atoms with Crippen LogP contribution in [0.3, 0.4) is 0 Å². The van der Waals surface area contributed by atoms with E-state index in [0.29, 0.717) is 5.69 Å². The molecule has 0 spiro atoms. The number of rotatable bonds is 5. The van der Waals surface area contributed by atoms with E-state index in [0.717, 1.165) is 26.9 Å². The number of carbonyl (C=O) groups is 2. The van der Waals surface area contributed by atoms with Crippen molar-refractivity contribution in [2.45, 2.75) is 25.8 Å². The smallest absolute Gasteiger partial charge is 0.255 e. The van der Waals surface area contributed by atoms with E-state index in [4.69, 9.17) is 0 Å². The summed E-state index contributed by atoms with van der Waals surface area (Å²) in [6.45, 7) is 3.87. The van der Waals surface area contributed by atoms with Gasteiger partial charge in [0.25, 0.3) is 5.91 Å². The SMILES string of the molecule is CC(=Cc1ccccc1)C1(C(=O)Nc2ccccc2C)CC(=O)N1c1ccc(Br)cc1. The Bertz CT molecular complexity index is 1160. The van der Waals surface area contributed by atoms with Crippen LogP contribution in [0, 0.1) is 6.92 Å². The predicted octanol–water partition coefficient (Wildman–Crippen LogP) is 5.98. The molecule has 2 amide bonds. The quantitative estimate of drug-likeness (QED) is 0.462. The maximum atomic E-state index is 13.7. The van der Waals surface area contributed by atoms with Gasteiger partial charge in [0, 0.05) is 15.8 Å². The molecule has 31 heavy (non-hydrogen) atoms. The number of halogens is 1. The van der Waals surface area contributed by atoms with Gasteiger partial charge >= 0.3 is 0 Å². The molecule has 0 saturated carbocycles. The number of nitrogens with zero attached hydrogens (tertiary/aromatic N) is 1. The lowest BCUT2D eigenvalue weighted by molar-refractivity contribution is -0.135. The van der Waals surface area contributed by atoms with E-state index in [9.17, 15) is 9.59 Å². The molecule has 0 bridgehead atoms. The second-order valence-corrected chi connectivity index (χ2v) is 8.67. The normalized spacial score (nSPS) is 18.5. The van der Waals surface area contributed by atoms with E-state index < -0.39 is 5.54 Å². The van der Waals surface area contributed by atoms with Crippen molar-refractivity contribution < 1.29 is 9.59 Å². The standard InChI is InChI=1S/C26H23BrN2O2/c1-18-8-6-7-11-23(18)28-25(31)26(19(2)16-20-9-4-3-5-10-20)17-24(30)29(26)22-14-12-21(27)13-15-22/h3-16H,17H2,1-2H3,(H,28,31). The zero-order valence-corrected chi connectivity index (χ0v) is 19.0. The lowest BCUT2D eigenvalue weighted by Crippen LogP contribution is -2.70. The van der Waals surface area contributed by atoms with Crippen molar-refractivity contribution in [3.05, 3.63) is 100 Å². The van der Waals surface area contributed by atoms with Gasteiger partial charge in [0.05, 0.1) is 6.42 Å². The molecule has 1 unspecified atom stereocenters. The van der Waals surface area contributed by atoms with Crippen LogP contribution in [0.4, 0.5) is 11.4 Å². The Balaban J connectivity index is 1.79. The van der Waals surface area contributed by atoms with Gasteiger partial charge in [0.1, 0.15) is 0 Å². The summed E-state index contributed by atoms with van der Waals surface area (Å²) in [5, 5.41) is 3.07. The molecule has 0 aliphatic carbocycles. The highest BCUT2D eigenvalue weighted by Gasteiger charge is 2.58. The molecule has 3 aromatic carbocycles. The Kier molecular flexibility index (Phi) is 5.79. The van der Waals surface area contributed by atoms with Crippen molar-refractivity contribution >= 4 is 45.2 Å². The number of para-hydroxylation sites is 1. The number of benzene rings is 3. The molecule has 3 aromatic rings. The van der Waals surface area contributed by atoms with Gasteiger partial charge in [-0.3, -0.25) is 14.5 Å². The summed E-state index contributed by atoms with van der Waals surface area (Å²) >= 11 is 3.44. The fraction of sp³-hybridized carbons (Fsp3) is 0.154. The summed E-state index contributed by atoms with van der Waals surface area (Å²) in [6.07, 6.45) is 2.10. The fourth-order valence-corrected chi connectivity index (χ4v) is 4.25. The van der Waals surface area contributed by atoms with Crippen molar-refractivity contribution in [2.24, 2.45) is 0 Å². The van der Waals surface area contributed by atoms with Crippen LogP contribution in [0.1, 0.15) is 24.5 Å². The second kappa shape index (κ2) is 8.52.